The lowest BCUT2D eigenvalue weighted by molar-refractivity contribution is -0.384. The number of aliphatic hydroxyl groups excluding tert-OH is 3. The number of rotatable bonds is 17. The number of hydrogen-bond donors (Lipinski definition) is 10. The normalized spacial score (nSPS) is 27.4. The second kappa shape index (κ2) is 25.5. The van der Waals surface area contributed by atoms with Crippen molar-refractivity contribution >= 4 is 41.9 Å². The van der Waals surface area contributed by atoms with E-state index < -0.39 is 131 Å². The van der Waals surface area contributed by atoms with Gasteiger partial charge in [-0.3, -0.25) is 14.9 Å². The number of non-ortho nitro benzene ring substituents is 1. The van der Waals surface area contributed by atoms with Gasteiger partial charge in [0.05, 0.1) is 36.2 Å². The fourth-order valence-corrected chi connectivity index (χ4v) is 8.06. The van der Waals surface area contributed by atoms with Crippen LogP contribution in [-0.4, -0.2) is 183 Å². The highest BCUT2D eigenvalue weighted by atomic mass is 16.7. The predicted molar refractivity (Wildman–Crippen MR) is 263 cm³/mol. The molecule has 3 aliphatic rings. The Morgan fingerprint density at radius 2 is 1.44 bits per heavy atom. The van der Waals surface area contributed by atoms with E-state index in [-0.39, 0.29) is 56.4 Å². The molecule has 12 N–H and O–H groups in total. The van der Waals surface area contributed by atoms with Gasteiger partial charge < -0.3 is 96.0 Å². The third-order valence-electron chi connectivity index (χ3n) is 11.3. The molecule has 28 heteroatoms. The fourth-order valence-electron chi connectivity index (χ4n) is 8.06. The monoisotopic (exact) mass is 1070 g/mol. The number of nitrogens with zero attached hydrogens (tertiary/aromatic N) is 3. The fraction of sp³-hybridized carbons (Fsp3) is 0.702. The summed E-state index contributed by atoms with van der Waals surface area (Å²) in [6.45, 7) is 14.7. The Bertz CT molecular complexity index is 2210. The Labute approximate surface area is 434 Å². The number of guanidine groups is 1. The zero-order valence-electron chi connectivity index (χ0n) is 44.1. The van der Waals surface area contributed by atoms with Crippen molar-refractivity contribution in [2.45, 2.75) is 185 Å². The molecule has 0 bridgehead atoms. The number of likely N-dealkylation sites (N-methyl/N-ethyl adjacent to an activating group) is 1. The van der Waals surface area contributed by atoms with Gasteiger partial charge in [0.2, 0.25) is 12.2 Å². The van der Waals surface area contributed by atoms with Gasteiger partial charge in [-0.1, -0.05) is 0 Å². The van der Waals surface area contributed by atoms with E-state index >= 15 is 0 Å². The average molecular weight is 1070 g/mol. The molecule has 5 amide bonds. The number of carbonyl (C=O) groups excluding carboxylic acids is 5. The number of alkyl carbamates (subject to hydrolysis) is 3. The second-order valence-electron chi connectivity index (χ2n) is 21.5. The Morgan fingerprint density at radius 3 is 2.01 bits per heavy atom. The van der Waals surface area contributed by atoms with Gasteiger partial charge in [0, 0.05) is 25.7 Å². The van der Waals surface area contributed by atoms with Crippen LogP contribution < -0.4 is 32.7 Å². The third kappa shape index (κ3) is 19.1. The van der Waals surface area contributed by atoms with Crippen molar-refractivity contribution in [3.8, 4) is 0 Å². The molecule has 2 heterocycles. The molecular formula is C47H75N9O19. The molecular weight excluding hydrogens is 995 g/mol. The number of nitrogens with two attached hydrogens (primary N) is 2. The lowest BCUT2D eigenvalue weighted by Gasteiger charge is -2.50. The minimum absolute atomic E-state index is 0.0261. The van der Waals surface area contributed by atoms with Gasteiger partial charge in [0.25, 0.3) is 5.69 Å². The van der Waals surface area contributed by atoms with E-state index in [0.717, 1.165) is 4.90 Å². The number of carbonyl (C=O) groups is 5. The molecule has 0 radical (unpaired) electrons. The summed E-state index contributed by atoms with van der Waals surface area (Å²) in [6.07, 6.45) is -14.9. The zero-order valence-corrected chi connectivity index (χ0v) is 44.1. The smallest absolute Gasteiger partial charge is 0.410 e. The summed E-state index contributed by atoms with van der Waals surface area (Å²) < 4.78 is 46.4. The number of amides is 5. The van der Waals surface area contributed by atoms with E-state index in [9.17, 15) is 54.5 Å². The van der Waals surface area contributed by atoms with Crippen LogP contribution >= 0.6 is 0 Å². The van der Waals surface area contributed by atoms with Gasteiger partial charge in [-0.25, -0.2) is 24.2 Å². The molecule has 0 spiro atoms. The maximum absolute atomic E-state index is 13.8. The number of benzene rings is 1. The highest BCUT2D eigenvalue weighted by molar-refractivity contribution is 5.81. The summed E-state index contributed by atoms with van der Waals surface area (Å²) in [7, 11) is 1.29. The highest BCUT2D eigenvalue weighted by Crippen LogP contribution is 2.35. The van der Waals surface area contributed by atoms with Crippen molar-refractivity contribution in [2.24, 2.45) is 16.5 Å². The first kappa shape index (κ1) is 61.2. The van der Waals surface area contributed by atoms with Crippen LogP contribution in [0.1, 0.15) is 94.1 Å². The Morgan fingerprint density at radius 1 is 0.867 bits per heavy atom. The number of nitrogens with one attached hydrogen (secondary N) is 4. The van der Waals surface area contributed by atoms with Crippen molar-refractivity contribution in [2.75, 3.05) is 26.7 Å². The van der Waals surface area contributed by atoms with Crippen molar-refractivity contribution < 1.29 is 87.2 Å². The average Bonchev–Trinajstić information content (AvgIpc) is 3.26. The van der Waals surface area contributed by atoms with Gasteiger partial charge in [-0.2, -0.15) is 0 Å². The van der Waals surface area contributed by atoms with Crippen molar-refractivity contribution in [1.82, 2.24) is 26.2 Å². The van der Waals surface area contributed by atoms with E-state index in [0.29, 0.717) is 5.56 Å². The molecule has 1 saturated carbocycles. The largest absolute Gasteiger partial charge is 0.465 e. The molecule has 4 rings (SSSR count). The molecule has 1 aromatic carbocycles. The van der Waals surface area contributed by atoms with E-state index in [4.69, 9.17) is 49.4 Å². The Hall–Kier alpha value is -6.30. The number of aliphatic hydroxyl groups is 4. The van der Waals surface area contributed by atoms with E-state index in [1.54, 1.807) is 68.4 Å². The summed E-state index contributed by atoms with van der Waals surface area (Å²) in [5.74, 6) is -1.30. The Balaban J connectivity index is 1.68. The molecule has 28 nitrogen and oxygen atoms in total. The van der Waals surface area contributed by atoms with Gasteiger partial charge in [0.15, 0.2) is 12.2 Å². The van der Waals surface area contributed by atoms with Crippen LogP contribution in [0.4, 0.5) is 24.9 Å². The number of hydrogen-bond acceptors (Lipinski definition) is 20. The van der Waals surface area contributed by atoms with E-state index in [1.165, 1.54) is 38.2 Å². The van der Waals surface area contributed by atoms with Crippen molar-refractivity contribution in [1.29, 1.82) is 0 Å². The number of nitro groups is 1. The highest BCUT2D eigenvalue weighted by Gasteiger charge is 2.55. The molecule has 0 aromatic heterocycles. The van der Waals surface area contributed by atoms with Crippen LogP contribution in [0.3, 0.4) is 0 Å². The Kier molecular flexibility index (Phi) is 20.8. The van der Waals surface area contributed by atoms with Gasteiger partial charge in [-0.15, -0.1) is 0 Å². The first-order valence-electron chi connectivity index (χ1n) is 24.1. The van der Waals surface area contributed by atoms with Crippen molar-refractivity contribution in [3.63, 3.8) is 0 Å². The predicted octanol–water partition coefficient (Wildman–Crippen LogP) is 0.986. The standard InChI is InChI=1S/C47H75N9O19/c1-44(2,3)73-41(62)50-19-18-30(57)36(60)52-28-20-29(54-42(63)74-45(4,5)6)34(31(58)33(28)72-38-32(59)35(47(10,65)23-69-38)55(11)43(64)75-46(7,8)9)71-37-27(53-39(48)49)17-16-26(70-37)21-51-40(61)68-22-24-12-14-25(15-13-24)56(66)67/h12-16,27-35,37-38,57-59,65H,17-23H2,1-11H3,(H,50,62)(H,51,61)(H,52,60)(H,54,63)(H4,48,49,53)/t27-,28-,29+,30+,31-,32-,33+,34-,35-,37-,38-,47+/m1/s1. The molecule has 2 aliphatic heterocycles. The van der Waals surface area contributed by atoms with Crippen LogP contribution in [-0.2, 0) is 49.3 Å². The minimum Gasteiger partial charge on any atom is -0.465 e. The SMILES string of the molecule is CN(C(=O)OC(C)(C)C)[C@@H]1[C@@H](O)[C@@H](O[C@@H]2[C@@H](O)[C@H](O[C@H]3OC(CNC(=O)OCc4ccc([N+](=O)[O-])cc4)=CC[C@H]3N=C(N)N)[C@@H](NC(=O)OC(C)(C)C)C[C@H]2NC(=O)[C@@H](O)CCNC(=O)OC(C)(C)C)OC[C@]1(C)O. The summed E-state index contributed by atoms with van der Waals surface area (Å²) in [6, 6.07) is 0.175. The van der Waals surface area contributed by atoms with Gasteiger partial charge in [0.1, 0.15) is 71.3 Å². The maximum Gasteiger partial charge on any atom is 0.410 e. The van der Waals surface area contributed by atoms with E-state index in [2.05, 4.69) is 26.3 Å². The molecule has 2 fully saturated rings. The molecule has 12 atom stereocenters. The summed E-state index contributed by atoms with van der Waals surface area (Å²) in [4.78, 5) is 81.4. The minimum atomic E-state index is -1.96. The third-order valence-corrected chi connectivity index (χ3v) is 11.3. The van der Waals surface area contributed by atoms with Gasteiger partial charge >= 0.3 is 24.4 Å². The summed E-state index contributed by atoms with van der Waals surface area (Å²) in [5, 5.41) is 68.3. The quantitative estimate of drug-likeness (QED) is 0.0342. The van der Waals surface area contributed by atoms with E-state index in [1.807, 2.05) is 0 Å². The molecule has 1 aliphatic carbocycles. The van der Waals surface area contributed by atoms with Crippen LogP contribution in [0.15, 0.2) is 41.1 Å². The summed E-state index contributed by atoms with van der Waals surface area (Å²) in [5.41, 5.74) is 7.18. The van der Waals surface area contributed by atoms with Crippen LogP contribution in [0.25, 0.3) is 0 Å². The molecule has 422 valence electrons. The van der Waals surface area contributed by atoms with Crippen LogP contribution in [0.5, 0.6) is 0 Å². The number of nitro benzene ring substituents is 1. The zero-order chi connectivity index (χ0) is 56.4. The lowest BCUT2D eigenvalue weighted by Crippen LogP contribution is -2.70. The molecule has 1 aromatic rings. The first-order valence-corrected chi connectivity index (χ1v) is 24.1. The second-order valence-corrected chi connectivity index (χ2v) is 21.5. The van der Waals surface area contributed by atoms with Gasteiger partial charge in [-0.05, 0) is 112 Å². The number of ether oxygens (including phenoxy) is 8. The molecule has 75 heavy (non-hydrogen) atoms. The first-order chi connectivity index (χ1) is 34.6. The maximum atomic E-state index is 13.8. The van der Waals surface area contributed by atoms with Crippen molar-refractivity contribution in [3.05, 3.63) is 51.8 Å². The topological polar surface area (TPSA) is 399 Å². The summed E-state index contributed by atoms with van der Waals surface area (Å²) >= 11 is 0. The number of aliphatic imine (C=N–C) groups is 1. The molecule has 1 saturated heterocycles. The lowest BCUT2D eigenvalue weighted by atomic mass is 9.82. The van der Waals surface area contributed by atoms with Crippen LogP contribution in [0, 0.1) is 10.1 Å². The van der Waals surface area contributed by atoms with Crippen LogP contribution in [0.2, 0.25) is 0 Å². The molecule has 0 unspecified atom stereocenters.